The average Bonchev–Trinajstić information content (AvgIpc) is 2.15. The van der Waals surface area contributed by atoms with E-state index in [4.69, 9.17) is 5.73 Å². The van der Waals surface area contributed by atoms with Crippen LogP contribution in [0.4, 0.5) is 0 Å². The topological polar surface area (TPSA) is 87.5 Å². The molecule has 0 aromatic rings. The summed E-state index contributed by atoms with van der Waals surface area (Å²) in [7, 11) is -3.54. The fourth-order valence-corrected chi connectivity index (χ4v) is 2.36. The zero-order valence-corrected chi connectivity index (χ0v) is 10.6. The van der Waals surface area contributed by atoms with Gasteiger partial charge >= 0.3 is 0 Å². The Balaban J connectivity index is 4.42. The summed E-state index contributed by atoms with van der Waals surface area (Å²) in [6.45, 7) is 4.78. The van der Waals surface area contributed by atoms with Gasteiger partial charge in [0.15, 0.2) is 5.11 Å². The zero-order valence-electron chi connectivity index (χ0n) is 8.99. The first kappa shape index (κ1) is 14.6. The lowest BCUT2D eigenvalue weighted by Gasteiger charge is -2.21. The molecule has 0 rings (SSSR count). The summed E-state index contributed by atoms with van der Waals surface area (Å²) in [5.74, 6) is 0. The Morgan fingerprint density at radius 2 is 1.80 bits per heavy atom. The van der Waals surface area contributed by atoms with Gasteiger partial charge in [0, 0.05) is 13.1 Å². The predicted octanol–water partition coefficient (Wildman–Crippen LogP) is -0.309. The molecule has 4 N–H and O–H groups in total. The molecular formula is C7H18N4O2S2. The molecule has 0 heterocycles. The molecule has 0 unspecified atom stereocenters. The molecule has 0 aliphatic rings. The standard InChI is InChI=1S/C7H18N4O2S2/c1-3-5-11(6-4-2)15(12,13)10-9-7(8)14/h10H,3-6H2,1-2H3,(H3,8,9,14). The van der Waals surface area contributed by atoms with E-state index in [1.165, 1.54) is 4.31 Å². The summed E-state index contributed by atoms with van der Waals surface area (Å²) in [4.78, 5) is 2.11. The third-order valence-corrected chi connectivity index (χ3v) is 3.10. The van der Waals surface area contributed by atoms with Crippen LogP contribution in [0.15, 0.2) is 0 Å². The highest BCUT2D eigenvalue weighted by Gasteiger charge is 2.19. The molecule has 15 heavy (non-hydrogen) atoms. The molecule has 0 bridgehead atoms. The number of hydrogen-bond acceptors (Lipinski definition) is 3. The van der Waals surface area contributed by atoms with E-state index >= 15 is 0 Å². The molecule has 8 heteroatoms. The van der Waals surface area contributed by atoms with Crippen molar-refractivity contribution in [2.24, 2.45) is 5.73 Å². The second kappa shape index (κ2) is 6.94. The quantitative estimate of drug-likeness (QED) is 0.428. The van der Waals surface area contributed by atoms with Gasteiger partial charge in [0.2, 0.25) is 0 Å². The maximum absolute atomic E-state index is 11.7. The number of hydrazine groups is 1. The number of hydrogen-bond donors (Lipinski definition) is 3. The zero-order chi connectivity index (χ0) is 11.9. The van der Waals surface area contributed by atoms with Gasteiger partial charge in [-0.1, -0.05) is 13.8 Å². The molecule has 0 saturated carbocycles. The first-order valence-corrected chi connectivity index (χ1v) is 6.61. The Kier molecular flexibility index (Phi) is 6.73. The lowest BCUT2D eigenvalue weighted by molar-refractivity contribution is 0.400. The summed E-state index contributed by atoms with van der Waals surface area (Å²) < 4.78 is 24.6. The minimum absolute atomic E-state index is 0.105. The van der Waals surface area contributed by atoms with Crippen molar-refractivity contribution in [1.82, 2.24) is 14.6 Å². The van der Waals surface area contributed by atoms with E-state index in [0.717, 1.165) is 12.8 Å². The molecule has 90 valence electrons. The highest BCUT2D eigenvalue weighted by Crippen LogP contribution is 2.00. The predicted molar refractivity (Wildman–Crippen MR) is 64.1 cm³/mol. The molecule has 0 aromatic carbocycles. The second-order valence-electron chi connectivity index (χ2n) is 3.00. The van der Waals surface area contributed by atoms with Crippen LogP contribution in [-0.4, -0.2) is 30.9 Å². The van der Waals surface area contributed by atoms with E-state index in [2.05, 4.69) is 22.5 Å². The Morgan fingerprint density at radius 3 is 2.13 bits per heavy atom. The summed E-state index contributed by atoms with van der Waals surface area (Å²) in [5, 5.41) is -0.105. The fraction of sp³-hybridized carbons (Fsp3) is 0.857. The molecule has 0 aliphatic heterocycles. The van der Waals surface area contributed by atoms with Crippen molar-refractivity contribution in [2.45, 2.75) is 26.7 Å². The second-order valence-corrected chi connectivity index (χ2v) is 5.11. The van der Waals surface area contributed by atoms with Gasteiger partial charge in [-0.3, -0.25) is 5.43 Å². The normalized spacial score (nSPS) is 11.7. The number of nitrogens with two attached hydrogens (primary N) is 1. The number of nitrogens with one attached hydrogen (secondary N) is 2. The van der Waals surface area contributed by atoms with E-state index in [1.807, 2.05) is 13.8 Å². The van der Waals surface area contributed by atoms with Crippen molar-refractivity contribution in [3.8, 4) is 0 Å². The van der Waals surface area contributed by atoms with E-state index in [9.17, 15) is 8.42 Å². The van der Waals surface area contributed by atoms with Crippen molar-refractivity contribution in [3.05, 3.63) is 0 Å². The van der Waals surface area contributed by atoms with Gasteiger partial charge in [0.05, 0.1) is 0 Å². The highest BCUT2D eigenvalue weighted by atomic mass is 32.2. The monoisotopic (exact) mass is 254 g/mol. The minimum atomic E-state index is -3.54. The van der Waals surface area contributed by atoms with E-state index < -0.39 is 10.2 Å². The maximum atomic E-state index is 11.7. The summed E-state index contributed by atoms with van der Waals surface area (Å²) in [6, 6.07) is 0. The van der Waals surface area contributed by atoms with Crippen LogP contribution in [0.1, 0.15) is 26.7 Å². The Labute approximate surface area is 96.4 Å². The highest BCUT2D eigenvalue weighted by molar-refractivity contribution is 7.87. The molecule has 0 atom stereocenters. The average molecular weight is 254 g/mol. The molecule has 0 fully saturated rings. The van der Waals surface area contributed by atoms with E-state index in [1.54, 1.807) is 0 Å². The fourth-order valence-electron chi connectivity index (χ4n) is 1.03. The minimum Gasteiger partial charge on any atom is -0.375 e. The Hall–Kier alpha value is -0.440. The maximum Gasteiger partial charge on any atom is 0.296 e. The summed E-state index contributed by atoms with van der Waals surface area (Å²) in [6.07, 6.45) is 1.52. The molecule has 0 saturated heterocycles. The first-order chi connectivity index (χ1) is 6.94. The van der Waals surface area contributed by atoms with Crippen LogP contribution < -0.4 is 16.0 Å². The number of nitrogens with zero attached hydrogens (tertiary/aromatic N) is 1. The van der Waals surface area contributed by atoms with Crippen LogP contribution in [0.3, 0.4) is 0 Å². The van der Waals surface area contributed by atoms with Crippen molar-refractivity contribution in [1.29, 1.82) is 0 Å². The molecule has 0 aliphatic carbocycles. The molecular weight excluding hydrogens is 236 g/mol. The van der Waals surface area contributed by atoms with Gasteiger partial charge in [0.1, 0.15) is 0 Å². The SMILES string of the molecule is CCCN(CCC)S(=O)(=O)NNC(N)=S. The van der Waals surface area contributed by atoms with Crippen LogP contribution in [0.5, 0.6) is 0 Å². The molecule has 6 nitrogen and oxygen atoms in total. The van der Waals surface area contributed by atoms with E-state index in [0.29, 0.717) is 13.1 Å². The van der Waals surface area contributed by atoms with Crippen molar-refractivity contribution in [2.75, 3.05) is 13.1 Å². The van der Waals surface area contributed by atoms with Crippen molar-refractivity contribution < 1.29 is 8.42 Å². The van der Waals surface area contributed by atoms with Crippen LogP contribution in [0, 0.1) is 0 Å². The van der Waals surface area contributed by atoms with Crippen LogP contribution in [-0.2, 0) is 10.2 Å². The lowest BCUT2D eigenvalue weighted by atomic mass is 10.4. The molecule has 0 radical (unpaired) electrons. The lowest BCUT2D eigenvalue weighted by Crippen LogP contribution is -2.51. The number of rotatable bonds is 7. The van der Waals surface area contributed by atoms with Gasteiger partial charge in [-0.05, 0) is 25.1 Å². The third-order valence-electron chi connectivity index (χ3n) is 1.59. The van der Waals surface area contributed by atoms with Gasteiger partial charge in [0.25, 0.3) is 10.2 Å². The molecule has 0 amide bonds. The van der Waals surface area contributed by atoms with Gasteiger partial charge in [-0.2, -0.15) is 12.7 Å². The van der Waals surface area contributed by atoms with E-state index in [-0.39, 0.29) is 5.11 Å². The summed E-state index contributed by atoms with van der Waals surface area (Å²) in [5.41, 5.74) is 7.34. The number of thiocarbonyl (C=S) groups is 1. The third kappa shape index (κ3) is 5.88. The van der Waals surface area contributed by atoms with Gasteiger partial charge in [-0.15, -0.1) is 4.83 Å². The van der Waals surface area contributed by atoms with Crippen LogP contribution >= 0.6 is 12.2 Å². The first-order valence-electron chi connectivity index (χ1n) is 4.76. The van der Waals surface area contributed by atoms with Crippen LogP contribution in [0.2, 0.25) is 0 Å². The Bertz CT molecular complexity index is 285. The van der Waals surface area contributed by atoms with Crippen molar-refractivity contribution in [3.63, 3.8) is 0 Å². The largest absolute Gasteiger partial charge is 0.375 e. The van der Waals surface area contributed by atoms with Gasteiger partial charge in [-0.25, -0.2) is 0 Å². The molecule has 0 spiro atoms. The molecule has 0 aromatic heterocycles. The van der Waals surface area contributed by atoms with Crippen molar-refractivity contribution >= 4 is 27.5 Å². The van der Waals surface area contributed by atoms with Crippen LogP contribution in [0.25, 0.3) is 0 Å². The Morgan fingerprint density at radius 1 is 1.33 bits per heavy atom. The van der Waals surface area contributed by atoms with Gasteiger partial charge < -0.3 is 5.73 Å². The summed E-state index contributed by atoms with van der Waals surface area (Å²) >= 11 is 4.50. The smallest absolute Gasteiger partial charge is 0.296 e.